The molecule has 22 heavy (non-hydrogen) atoms. The Balaban J connectivity index is 1.82. The van der Waals surface area contributed by atoms with E-state index in [0.717, 1.165) is 12.2 Å². The van der Waals surface area contributed by atoms with Crippen molar-refractivity contribution in [3.8, 4) is 0 Å². The zero-order valence-corrected chi connectivity index (χ0v) is 12.3. The number of fused-ring (bicyclic) bond motifs is 1. The minimum Gasteiger partial charge on any atom is -0.476 e. The summed E-state index contributed by atoms with van der Waals surface area (Å²) in [6, 6.07) is 15.9. The summed E-state index contributed by atoms with van der Waals surface area (Å²) < 4.78 is 1.84. The monoisotopic (exact) mass is 295 g/mol. The molecule has 0 amide bonds. The molecule has 0 aliphatic carbocycles. The van der Waals surface area contributed by atoms with Gasteiger partial charge in [0.1, 0.15) is 5.65 Å². The minimum atomic E-state index is -1.01. The number of hydrogen-bond donors (Lipinski definition) is 1. The smallest absolute Gasteiger partial charge is 0.356 e. The number of carboxylic acid groups (broad SMARTS) is 1. The number of nitrogens with zero attached hydrogens (tertiary/aromatic N) is 3. The molecule has 112 valence electrons. The Morgan fingerprint density at radius 2 is 1.91 bits per heavy atom. The van der Waals surface area contributed by atoms with Crippen LogP contribution in [0.5, 0.6) is 0 Å². The van der Waals surface area contributed by atoms with Gasteiger partial charge in [-0.3, -0.25) is 4.90 Å². The lowest BCUT2D eigenvalue weighted by atomic mass is 10.2. The van der Waals surface area contributed by atoms with E-state index in [2.05, 4.69) is 22.0 Å². The fraction of sp³-hybridized carbons (Fsp3) is 0.176. The molecular weight excluding hydrogens is 278 g/mol. The zero-order chi connectivity index (χ0) is 15.5. The molecule has 0 unspecified atom stereocenters. The largest absolute Gasteiger partial charge is 0.476 e. The van der Waals surface area contributed by atoms with Crippen LogP contribution in [0.15, 0.2) is 54.7 Å². The number of imidazole rings is 1. The number of benzene rings is 1. The second-order valence-electron chi connectivity index (χ2n) is 5.33. The number of pyridine rings is 1. The van der Waals surface area contributed by atoms with Gasteiger partial charge in [-0.1, -0.05) is 36.4 Å². The van der Waals surface area contributed by atoms with E-state index in [1.54, 1.807) is 6.20 Å². The third-order valence-corrected chi connectivity index (χ3v) is 3.52. The van der Waals surface area contributed by atoms with Gasteiger partial charge >= 0.3 is 5.97 Å². The summed E-state index contributed by atoms with van der Waals surface area (Å²) in [7, 11) is 2.04. The van der Waals surface area contributed by atoms with Crippen LogP contribution in [0.2, 0.25) is 0 Å². The van der Waals surface area contributed by atoms with E-state index in [1.165, 1.54) is 5.56 Å². The molecule has 3 rings (SSSR count). The number of aromatic nitrogens is 2. The van der Waals surface area contributed by atoms with Gasteiger partial charge in [0.2, 0.25) is 0 Å². The highest BCUT2D eigenvalue weighted by molar-refractivity contribution is 5.86. The lowest BCUT2D eigenvalue weighted by Crippen LogP contribution is -2.18. The van der Waals surface area contributed by atoms with E-state index in [0.29, 0.717) is 12.2 Å². The summed E-state index contributed by atoms with van der Waals surface area (Å²) in [5.74, 6) is -1.01. The zero-order valence-electron chi connectivity index (χ0n) is 12.3. The van der Waals surface area contributed by atoms with Gasteiger partial charge in [0, 0.05) is 25.0 Å². The molecule has 5 heteroatoms. The fourth-order valence-corrected chi connectivity index (χ4v) is 2.53. The summed E-state index contributed by atoms with van der Waals surface area (Å²) >= 11 is 0. The van der Waals surface area contributed by atoms with Crippen molar-refractivity contribution in [2.75, 3.05) is 7.05 Å². The molecule has 3 aromatic rings. The van der Waals surface area contributed by atoms with Crippen LogP contribution in [0.25, 0.3) is 5.65 Å². The lowest BCUT2D eigenvalue weighted by Gasteiger charge is -2.17. The molecule has 1 aromatic carbocycles. The predicted molar refractivity (Wildman–Crippen MR) is 83.8 cm³/mol. The molecule has 0 radical (unpaired) electrons. The average Bonchev–Trinajstić information content (AvgIpc) is 2.93. The Labute approximate surface area is 128 Å². The maximum Gasteiger partial charge on any atom is 0.356 e. The number of aromatic carboxylic acids is 1. The van der Waals surface area contributed by atoms with Crippen LogP contribution in [-0.4, -0.2) is 32.4 Å². The van der Waals surface area contributed by atoms with Gasteiger partial charge < -0.3 is 9.51 Å². The van der Waals surface area contributed by atoms with Crippen LogP contribution in [0.4, 0.5) is 0 Å². The van der Waals surface area contributed by atoms with Crippen molar-refractivity contribution >= 4 is 11.6 Å². The van der Waals surface area contributed by atoms with E-state index in [9.17, 15) is 4.79 Å². The van der Waals surface area contributed by atoms with Crippen LogP contribution in [0, 0.1) is 0 Å². The molecule has 0 saturated heterocycles. The summed E-state index contributed by atoms with van der Waals surface area (Å²) in [4.78, 5) is 17.4. The first-order valence-corrected chi connectivity index (χ1v) is 7.06. The predicted octanol–water partition coefficient (Wildman–Crippen LogP) is 2.66. The van der Waals surface area contributed by atoms with Crippen molar-refractivity contribution in [2.45, 2.75) is 13.1 Å². The number of carboxylic acids is 1. The van der Waals surface area contributed by atoms with Crippen molar-refractivity contribution in [2.24, 2.45) is 0 Å². The summed E-state index contributed by atoms with van der Waals surface area (Å²) in [6.45, 7) is 1.54. The van der Waals surface area contributed by atoms with E-state index in [1.807, 2.05) is 47.8 Å². The van der Waals surface area contributed by atoms with Crippen LogP contribution in [0.3, 0.4) is 0 Å². The van der Waals surface area contributed by atoms with E-state index in [4.69, 9.17) is 5.11 Å². The standard InChI is InChI=1S/C17H17N3O2/c1-19(10-13-6-3-2-4-7-13)11-14-8-5-9-16-18-15(17(21)22)12-20(14)16/h2-9,12H,10-11H2,1H3,(H,21,22). The third kappa shape index (κ3) is 2.99. The maximum atomic E-state index is 11.1. The Bertz CT molecular complexity index is 796. The van der Waals surface area contributed by atoms with E-state index >= 15 is 0 Å². The molecular formula is C17H17N3O2. The van der Waals surface area contributed by atoms with Crippen molar-refractivity contribution in [3.63, 3.8) is 0 Å². The number of carbonyl (C=O) groups is 1. The first kappa shape index (κ1) is 14.3. The van der Waals surface area contributed by atoms with Crippen molar-refractivity contribution in [1.82, 2.24) is 14.3 Å². The highest BCUT2D eigenvalue weighted by atomic mass is 16.4. The van der Waals surface area contributed by atoms with Gasteiger partial charge in [-0.05, 0) is 24.7 Å². The molecule has 0 saturated carbocycles. The molecule has 5 nitrogen and oxygen atoms in total. The van der Waals surface area contributed by atoms with E-state index < -0.39 is 5.97 Å². The molecule has 1 N–H and O–H groups in total. The molecule has 0 atom stereocenters. The fourth-order valence-electron chi connectivity index (χ4n) is 2.53. The van der Waals surface area contributed by atoms with E-state index in [-0.39, 0.29) is 5.69 Å². The highest BCUT2D eigenvalue weighted by Crippen LogP contribution is 2.12. The Morgan fingerprint density at radius 3 is 2.64 bits per heavy atom. The Hall–Kier alpha value is -2.66. The summed E-state index contributed by atoms with van der Waals surface area (Å²) in [5.41, 5.74) is 2.98. The molecule has 0 bridgehead atoms. The normalized spacial score (nSPS) is 11.2. The molecule has 2 aromatic heterocycles. The van der Waals surface area contributed by atoms with Crippen LogP contribution in [-0.2, 0) is 13.1 Å². The number of hydrogen-bond acceptors (Lipinski definition) is 3. The quantitative estimate of drug-likeness (QED) is 0.786. The van der Waals surface area contributed by atoms with Gasteiger partial charge in [-0.25, -0.2) is 9.78 Å². The second kappa shape index (κ2) is 5.99. The summed E-state index contributed by atoms with van der Waals surface area (Å²) in [6.07, 6.45) is 1.57. The maximum absolute atomic E-state index is 11.1. The van der Waals surface area contributed by atoms with Crippen LogP contribution >= 0.6 is 0 Å². The Morgan fingerprint density at radius 1 is 1.14 bits per heavy atom. The Kier molecular flexibility index (Phi) is 3.89. The highest BCUT2D eigenvalue weighted by Gasteiger charge is 2.11. The van der Waals surface area contributed by atoms with Crippen molar-refractivity contribution in [1.29, 1.82) is 0 Å². The summed E-state index contributed by atoms with van der Waals surface area (Å²) in [5, 5.41) is 9.07. The first-order valence-electron chi connectivity index (χ1n) is 7.06. The SMILES string of the molecule is CN(Cc1ccccc1)Cc1cccc2nc(C(=O)O)cn12. The van der Waals surface area contributed by atoms with Crippen molar-refractivity contribution < 1.29 is 9.90 Å². The molecule has 0 fully saturated rings. The van der Waals surface area contributed by atoms with Gasteiger partial charge in [-0.2, -0.15) is 0 Å². The first-order chi connectivity index (χ1) is 10.6. The van der Waals surface area contributed by atoms with Crippen LogP contribution < -0.4 is 0 Å². The molecule has 0 aliphatic heterocycles. The molecule has 0 spiro atoms. The van der Waals surface area contributed by atoms with Gasteiger partial charge in [0.25, 0.3) is 0 Å². The van der Waals surface area contributed by atoms with Gasteiger partial charge in [0.15, 0.2) is 5.69 Å². The molecule has 0 aliphatic rings. The second-order valence-corrected chi connectivity index (χ2v) is 5.33. The van der Waals surface area contributed by atoms with Crippen LogP contribution in [0.1, 0.15) is 21.7 Å². The van der Waals surface area contributed by atoms with Crippen molar-refractivity contribution in [3.05, 3.63) is 71.7 Å². The van der Waals surface area contributed by atoms with Gasteiger partial charge in [-0.15, -0.1) is 0 Å². The number of rotatable bonds is 5. The topological polar surface area (TPSA) is 57.8 Å². The molecule has 2 heterocycles. The third-order valence-electron chi connectivity index (χ3n) is 3.52. The minimum absolute atomic E-state index is 0.0677. The average molecular weight is 295 g/mol. The van der Waals surface area contributed by atoms with Gasteiger partial charge in [0.05, 0.1) is 0 Å². The lowest BCUT2D eigenvalue weighted by molar-refractivity contribution is 0.0691.